The summed E-state index contributed by atoms with van der Waals surface area (Å²) in [5.41, 5.74) is 8.09. The van der Waals surface area contributed by atoms with Crippen molar-refractivity contribution in [1.82, 2.24) is 5.43 Å². The summed E-state index contributed by atoms with van der Waals surface area (Å²) in [5.74, 6) is -0.226. The van der Waals surface area contributed by atoms with Crippen molar-refractivity contribution in [1.29, 1.82) is 0 Å². The average molecular weight is 339 g/mol. The Morgan fingerprint density at radius 2 is 1.95 bits per heavy atom. The van der Waals surface area contributed by atoms with Gasteiger partial charge in [-0.1, -0.05) is 37.0 Å². The predicted molar refractivity (Wildman–Crippen MR) is 82.5 cm³/mol. The zero-order valence-corrected chi connectivity index (χ0v) is 13.4. The van der Waals surface area contributed by atoms with E-state index in [4.69, 9.17) is 40.5 Å². The number of hydrazone groups is 1. The van der Waals surface area contributed by atoms with E-state index >= 15 is 0 Å². The van der Waals surface area contributed by atoms with Crippen LogP contribution in [-0.2, 0) is 0 Å². The number of halogens is 3. The van der Waals surface area contributed by atoms with Crippen LogP contribution in [-0.4, -0.2) is 12.1 Å². The van der Waals surface area contributed by atoms with Gasteiger partial charge in [0.25, 0.3) is 10.8 Å². The van der Waals surface area contributed by atoms with Crippen molar-refractivity contribution in [2.24, 2.45) is 11.0 Å². The van der Waals surface area contributed by atoms with E-state index in [1.165, 1.54) is 0 Å². The van der Waals surface area contributed by atoms with Gasteiger partial charge in [0.2, 0.25) is 0 Å². The number of pyridine rings is 1. The molecule has 0 radical (unpaired) electrons. The van der Waals surface area contributed by atoms with Crippen molar-refractivity contribution in [3.8, 4) is 0 Å². The summed E-state index contributed by atoms with van der Waals surface area (Å²) < 4.78 is 0. The van der Waals surface area contributed by atoms with Gasteiger partial charge >= 0.3 is 5.91 Å². The van der Waals surface area contributed by atoms with Crippen molar-refractivity contribution in [3.63, 3.8) is 0 Å². The summed E-state index contributed by atoms with van der Waals surface area (Å²) in [5, 5.41) is 4.02. The first kappa shape index (κ1) is 17.0. The number of carbonyl (C=O) groups is 1. The van der Waals surface area contributed by atoms with Crippen LogP contribution in [0.1, 0.15) is 37.2 Å². The maximum Gasteiger partial charge on any atom is 0.337 e. The summed E-state index contributed by atoms with van der Waals surface area (Å²) in [6, 6.07) is 0. The Labute approximate surface area is 132 Å². The molecule has 0 saturated carbocycles. The smallest absolute Gasteiger partial charge is 0.337 e. The van der Waals surface area contributed by atoms with Crippen LogP contribution in [0.5, 0.6) is 0 Å². The molecule has 5 nitrogen and oxygen atoms in total. The third-order valence-corrected chi connectivity index (χ3v) is 4.01. The average Bonchev–Trinajstić information content (AvgIpc) is 2.45. The van der Waals surface area contributed by atoms with Crippen molar-refractivity contribution >= 4 is 52.6 Å². The predicted octanol–water partition coefficient (Wildman–Crippen LogP) is 3.19. The maximum absolute atomic E-state index is 11.9. The largest absolute Gasteiger partial charge is 0.396 e. The molecule has 1 rings (SSSR count). The highest BCUT2D eigenvalue weighted by Gasteiger charge is 2.25. The number of rotatable bonds is 5. The monoisotopic (exact) mass is 337 g/mol. The molecule has 0 bridgehead atoms. The van der Waals surface area contributed by atoms with Crippen molar-refractivity contribution in [2.45, 2.75) is 26.7 Å². The summed E-state index contributed by atoms with van der Waals surface area (Å²) in [4.78, 5) is 14.5. The van der Waals surface area contributed by atoms with Gasteiger partial charge in [-0.25, -0.2) is 5.43 Å². The Hall–Kier alpha value is -1.04. The Morgan fingerprint density at radius 1 is 1.35 bits per heavy atom. The van der Waals surface area contributed by atoms with Gasteiger partial charge in [-0.2, -0.15) is 10.1 Å². The van der Waals surface area contributed by atoms with Crippen LogP contribution in [0.4, 0.5) is 5.69 Å². The number of aromatic nitrogens is 1. The number of hydrogen-bond acceptors (Lipinski definition) is 3. The van der Waals surface area contributed by atoms with Crippen LogP contribution in [0.15, 0.2) is 5.10 Å². The van der Waals surface area contributed by atoms with Gasteiger partial charge < -0.3 is 5.73 Å². The van der Waals surface area contributed by atoms with Crippen LogP contribution in [0, 0.1) is 5.92 Å². The number of nitrogens with one attached hydrogen (secondary N) is 2. The Morgan fingerprint density at radius 3 is 2.50 bits per heavy atom. The van der Waals surface area contributed by atoms with E-state index in [9.17, 15) is 4.79 Å². The molecule has 8 heteroatoms. The molecule has 0 aliphatic carbocycles. The van der Waals surface area contributed by atoms with Gasteiger partial charge in [0, 0.05) is 6.21 Å². The number of hydrogen-bond donors (Lipinski definition) is 2. The minimum atomic E-state index is -0.539. The number of nitrogen functional groups attached to an aromatic ring is 1. The highest BCUT2D eigenvalue weighted by molar-refractivity contribution is 6.45. The van der Waals surface area contributed by atoms with Gasteiger partial charge in [0.1, 0.15) is 10.0 Å². The maximum atomic E-state index is 11.9. The Balaban J connectivity index is 2.89. The summed E-state index contributed by atoms with van der Waals surface area (Å²) in [6.45, 7) is 4.10. The first-order valence-electron chi connectivity index (χ1n) is 6.11. The molecule has 4 N–H and O–H groups in total. The van der Waals surface area contributed by atoms with Crippen LogP contribution < -0.4 is 16.1 Å². The Kier molecular flexibility index (Phi) is 6.52. The molecule has 0 saturated heterocycles. The lowest BCUT2D eigenvalue weighted by atomic mass is 10.1. The van der Waals surface area contributed by atoms with E-state index in [-0.39, 0.29) is 26.6 Å². The van der Waals surface area contributed by atoms with E-state index < -0.39 is 5.91 Å². The minimum absolute atomic E-state index is 0.00892. The lowest BCUT2D eigenvalue weighted by Crippen LogP contribution is -2.28. The van der Waals surface area contributed by atoms with E-state index in [2.05, 4.69) is 15.5 Å². The standard InChI is InChI=1S/C12H15Cl3N4O/c1-3-6(4-2)5-17-19-12(20)10-7(13)9(16)8(14)11(15)18-10/h5-6H,3-4H2,1-2H3,(H2,16,18)(H,19,20)/p+1/b17-5+. The van der Waals surface area contributed by atoms with E-state index in [0.717, 1.165) is 12.8 Å². The molecule has 20 heavy (non-hydrogen) atoms. The normalized spacial score (nSPS) is 11.3. The number of amides is 1. The quantitative estimate of drug-likeness (QED) is 0.491. The van der Waals surface area contributed by atoms with Crippen LogP contribution in [0.2, 0.25) is 15.2 Å². The Bertz CT molecular complexity index is 530. The molecule has 110 valence electrons. The molecule has 1 aromatic rings. The van der Waals surface area contributed by atoms with Gasteiger partial charge in [-0.15, -0.1) is 0 Å². The van der Waals surface area contributed by atoms with Gasteiger partial charge in [-0.3, -0.25) is 4.79 Å². The molecule has 0 aliphatic heterocycles. The number of carbonyl (C=O) groups excluding carboxylic acids is 1. The molecule has 0 unspecified atom stereocenters. The zero-order chi connectivity index (χ0) is 15.3. The van der Waals surface area contributed by atoms with Gasteiger partial charge in [0.05, 0.1) is 5.69 Å². The molecule has 0 aromatic carbocycles. The van der Waals surface area contributed by atoms with E-state index in [1.54, 1.807) is 6.21 Å². The third-order valence-electron chi connectivity index (χ3n) is 2.85. The summed E-state index contributed by atoms with van der Waals surface area (Å²) in [7, 11) is 0. The molecule has 1 amide bonds. The second-order valence-corrected chi connectivity index (χ2v) is 5.29. The fraction of sp³-hybridized carbons (Fsp3) is 0.417. The first-order chi connectivity index (χ1) is 9.42. The van der Waals surface area contributed by atoms with Crippen molar-refractivity contribution in [2.75, 3.05) is 5.73 Å². The lowest BCUT2D eigenvalue weighted by Gasteiger charge is -2.05. The number of aromatic amines is 1. The highest BCUT2D eigenvalue weighted by Crippen LogP contribution is 2.31. The second-order valence-electron chi connectivity index (χ2n) is 4.15. The molecule has 1 aromatic heterocycles. The topological polar surface area (TPSA) is 81.6 Å². The molecule has 0 aliphatic rings. The zero-order valence-electron chi connectivity index (χ0n) is 11.1. The first-order valence-corrected chi connectivity index (χ1v) is 7.24. The molecule has 0 fully saturated rings. The van der Waals surface area contributed by atoms with Crippen LogP contribution >= 0.6 is 34.8 Å². The minimum Gasteiger partial charge on any atom is -0.396 e. The van der Waals surface area contributed by atoms with Gasteiger partial charge in [-0.05, 0) is 30.4 Å². The van der Waals surface area contributed by atoms with Crippen molar-refractivity contribution in [3.05, 3.63) is 20.9 Å². The number of nitrogens with two attached hydrogens (primary N) is 1. The molecule has 0 atom stereocenters. The third kappa shape index (κ3) is 3.98. The number of nitrogens with zero attached hydrogens (tertiary/aromatic N) is 1. The summed E-state index contributed by atoms with van der Waals surface area (Å²) >= 11 is 17.6. The van der Waals surface area contributed by atoms with E-state index in [1.807, 2.05) is 13.8 Å². The number of anilines is 1. The van der Waals surface area contributed by atoms with Crippen LogP contribution in [0.25, 0.3) is 0 Å². The highest BCUT2D eigenvalue weighted by atomic mass is 35.5. The molecular formula is C12H16Cl3N4O+. The van der Waals surface area contributed by atoms with Crippen molar-refractivity contribution < 1.29 is 9.78 Å². The summed E-state index contributed by atoms with van der Waals surface area (Å²) in [6.07, 6.45) is 3.58. The fourth-order valence-electron chi connectivity index (χ4n) is 1.48. The molecular weight excluding hydrogens is 323 g/mol. The molecule has 1 heterocycles. The molecule has 0 spiro atoms. The van der Waals surface area contributed by atoms with Crippen LogP contribution in [0.3, 0.4) is 0 Å². The fourth-order valence-corrected chi connectivity index (χ4v) is 2.10. The van der Waals surface area contributed by atoms with Gasteiger partial charge in [0.15, 0.2) is 0 Å². The SMILES string of the molecule is CCC(/C=N/NC(=O)c1[nH+]c(Cl)c(Cl)c(N)c1Cl)CC. The second kappa shape index (κ2) is 7.67. The number of H-pyrrole nitrogens is 1. The lowest BCUT2D eigenvalue weighted by molar-refractivity contribution is -0.379. The van der Waals surface area contributed by atoms with E-state index in [0.29, 0.717) is 5.92 Å².